The third kappa shape index (κ3) is 5.43. The number of halogens is 1. The van der Waals surface area contributed by atoms with Crippen molar-refractivity contribution in [2.24, 2.45) is 11.8 Å². The molecular weight excluding hydrogens is 334 g/mol. The quantitative estimate of drug-likeness (QED) is 0.690. The van der Waals surface area contributed by atoms with Gasteiger partial charge in [-0.1, -0.05) is 13.8 Å². The van der Waals surface area contributed by atoms with Gasteiger partial charge in [0.25, 0.3) is 5.56 Å². The van der Waals surface area contributed by atoms with Gasteiger partial charge in [0.15, 0.2) is 0 Å². The summed E-state index contributed by atoms with van der Waals surface area (Å²) < 4.78 is 7.63. The summed E-state index contributed by atoms with van der Waals surface area (Å²) >= 11 is 3.36. The van der Waals surface area contributed by atoms with Gasteiger partial charge in [0.1, 0.15) is 4.47 Å². The maximum Gasteiger partial charge on any atom is 0.283 e. The third-order valence-corrected chi connectivity index (χ3v) is 4.12. The first kappa shape index (κ1) is 16.5. The number of hydrogen-bond acceptors (Lipinski definition) is 4. The van der Waals surface area contributed by atoms with Crippen LogP contribution in [0.1, 0.15) is 33.1 Å². The zero-order chi connectivity index (χ0) is 15.2. The fourth-order valence-corrected chi connectivity index (χ4v) is 2.44. The molecule has 0 aliphatic heterocycles. The van der Waals surface area contributed by atoms with Crippen LogP contribution in [0, 0.1) is 11.8 Å². The lowest BCUT2D eigenvalue weighted by molar-refractivity contribution is 0.124. The molecule has 1 aromatic heterocycles. The van der Waals surface area contributed by atoms with Crippen molar-refractivity contribution in [3.8, 4) is 0 Å². The summed E-state index contributed by atoms with van der Waals surface area (Å²) in [6.45, 7) is 7.20. The molecule has 1 fully saturated rings. The molecule has 0 spiro atoms. The molecule has 0 bridgehead atoms. The third-order valence-electron chi connectivity index (χ3n) is 3.35. The summed E-state index contributed by atoms with van der Waals surface area (Å²) in [6.07, 6.45) is 5.28. The Kier molecular flexibility index (Phi) is 6.23. The van der Waals surface area contributed by atoms with Crippen molar-refractivity contribution in [1.82, 2.24) is 9.78 Å². The van der Waals surface area contributed by atoms with Crippen LogP contribution >= 0.6 is 15.9 Å². The topological polar surface area (TPSA) is 56.1 Å². The van der Waals surface area contributed by atoms with E-state index in [9.17, 15) is 4.79 Å². The number of aromatic nitrogens is 2. The molecule has 0 unspecified atom stereocenters. The van der Waals surface area contributed by atoms with Gasteiger partial charge in [-0.3, -0.25) is 4.79 Å². The minimum Gasteiger partial charge on any atom is -0.383 e. The van der Waals surface area contributed by atoms with E-state index in [1.165, 1.54) is 17.5 Å². The van der Waals surface area contributed by atoms with Gasteiger partial charge in [-0.2, -0.15) is 5.10 Å². The van der Waals surface area contributed by atoms with Gasteiger partial charge < -0.3 is 10.1 Å². The molecule has 1 aliphatic carbocycles. The van der Waals surface area contributed by atoms with Gasteiger partial charge in [0.05, 0.1) is 11.9 Å². The second-order valence-electron chi connectivity index (χ2n) is 6.05. The molecule has 2 rings (SSSR count). The maximum atomic E-state index is 12.1. The van der Waals surface area contributed by atoms with Gasteiger partial charge in [0.2, 0.25) is 0 Å². The van der Waals surface area contributed by atoms with Crippen LogP contribution in [0.5, 0.6) is 0 Å². The molecule has 1 aliphatic rings. The molecule has 6 heteroatoms. The number of ether oxygens (including phenoxy) is 1. The van der Waals surface area contributed by atoms with E-state index >= 15 is 0 Å². The molecule has 0 amide bonds. The van der Waals surface area contributed by atoms with Crippen molar-refractivity contribution in [2.45, 2.75) is 39.7 Å². The number of rotatable bonds is 9. The van der Waals surface area contributed by atoms with Crippen LogP contribution in [0.3, 0.4) is 0 Å². The van der Waals surface area contributed by atoms with E-state index in [0.29, 0.717) is 16.9 Å². The summed E-state index contributed by atoms with van der Waals surface area (Å²) in [5, 5.41) is 7.44. The Bertz CT molecular complexity index is 512. The molecule has 5 nitrogen and oxygen atoms in total. The zero-order valence-electron chi connectivity index (χ0n) is 12.8. The van der Waals surface area contributed by atoms with Gasteiger partial charge in [-0.05, 0) is 47.0 Å². The highest BCUT2D eigenvalue weighted by atomic mass is 79.9. The van der Waals surface area contributed by atoms with Crippen molar-refractivity contribution in [3.63, 3.8) is 0 Å². The average Bonchev–Trinajstić information content (AvgIpc) is 3.25. The predicted molar refractivity (Wildman–Crippen MR) is 87.7 cm³/mol. The fourth-order valence-electron chi connectivity index (χ4n) is 2.00. The lowest BCUT2D eigenvalue weighted by atomic mass is 10.2. The molecule has 21 heavy (non-hydrogen) atoms. The smallest absolute Gasteiger partial charge is 0.283 e. The molecule has 0 saturated heterocycles. The van der Waals surface area contributed by atoms with Crippen LogP contribution in [0.4, 0.5) is 5.69 Å². The highest BCUT2D eigenvalue weighted by Crippen LogP contribution is 2.28. The first-order chi connectivity index (χ1) is 10.1. The molecule has 0 radical (unpaired) electrons. The van der Waals surface area contributed by atoms with E-state index in [4.69, 9.17) is 4.74 Å². The first-order valence-corrected chi connectivity index (χ1v) is 8.44. The van der Waals surface area contributed by atoms with Crippen LogP contribution in [0.25, 0.3) is 0 Å². The van der Waals surface area contributed by atoms with Crippen molar-refractivity contribution in [1.29, 1.82) is 0 Å². The Hall–Kier alpha value is -0.880. The van der Waals surface area contributed by atoms with Crippen molar-refractivity contribution in [3.05, 3.63) is 21.0 Å². The zero-order valence-corrected chi connectivity index (χ0v) is 14.4. The van der Waals surface area contributed by atoms with Crippen molar-refractivity contribution in [2.75, 3.05) is 25.1 Å². The second kappa shape index (κ2) is 7.94. The Morgan fingerprint density at radius 1 is 1.52 bits per heavy atom. The summed E-state index contributed by atoms with van der Waals surface area (Å²) in [5.41, 5.74) is 0.667. The molecule has 0 atom stereocenters. The lowest BCUT2D eigenvalue weighted by Crippen LogP contribution is -2.26. The minimum absolute atomic E-state index is 0.0846. The van der Waals surface area contributed by atoms with Crippen LogP contribution in [-0.4, -0.2) is 29.5 Å². The van der Waals surface area contributed by atoms with Crippen LogP contribution < -0.4 is 10.9 Å². The van der Waals surface area contributed by atoms with E-state index in [-0.39, 0.29) is 5.56 Å². The lowest BCUT2D eigenvalue weighted by Gasteiger charge is -2.11. The molecule has 1 heterocycles. The molecule has 1 N–H and O–H groups in total. The Morgan fingerprint density at radius 3 is 2.95 bits per heavy atom. The number of nitrogens with zero attached hydrogens (tertiary/aromatic N) is 2. The molecule has 1 aromatic rings. The van der Waals surface area contributed by atoms with E-state index in [2.05, 4.69) is 40.2 Å². The Morgan fingerprint density at radius 2 is 2.29 bits per heavy atom. The Balaban J connectivity index is 1.77. The van der Waals surface area contributed by atoms with E-state index in [1.54, 1.807) is 6.20 Å². The average molecular weight is 358 g/mol. The largest absolute Gasteiger partial charge is 0.383 e. The minimum atomic E-state index is -0.0846. The highest BCUT2D eigenvalue weighted by Gasteiger charge is 2.20. The number of hydrogen-bond donors (Lipinski definition) is 1. The van der Waals surface area contributed by atoms with Gasteiger partial charge >= 0.3 is 0 Å². The normalized spacial score (nSPS) is 14.7. The first-order valence-electron chi connectivity index (χ1n) is 7.65. The maximum absolute atomic E-state index is 12.1. The summed E-state index contributed by atoms with van der Waals surface area (Å²) in [5.74, 6) is 1.20. The van der Waals surface area contributed by atoms with Gasteiger partial charge in [0, 0.05) is 26.3 Å². The standard InChI is InChI=1S/C15H24BrN3O2/c1-11(2)9-19-15(20)14(16)13(8-18-19)17-6-3-7-21-10-12-4-5-12/h8,11-12,17H,3-7,9-10H2,1-2H3. The van der Waals surface area contributed by atoms with Crippen LogP contribution in [0.15, 0.2) is 15.5 Å². The van der Waals surface area contributed by atoms with Gasteiger partial charge in [-0.25, -0.2) is 4.68 Å². The SMILES string of the molecule is CC(C)Cn1ncc(NCCCOCC2CC2)c(Br)c1=O. The molecule has 1 saturated carbocycles. The Labute approximate surface area is 134 Å². The van der Waals surface area contributed by atoms with Crippen molar-refractivity contribution < 1.29 is 4.74 Å². The number of nitrogens with one attached hydrogen (secondary N) is 1. The summed E-state index contributed by atoms with van der Waals surface area (Å²) in [7, 11) is 0. The van der Waals surface area contributed by atoms with Crippen molar-refractivity contribution >= 4 is 21.6 Å². The highest BCUT2D eigenvalue weighted by molar-refractivity contribution is 9.10. The van der Waals surface area contributed by atoms with E-state index in [1.807, 2.05) is 0 Å². The molecule has 118 valence electrons. The second-order valence-corrected chi connectivity index (χ2v) is 6.84. The van der Waals surface area contributed by atoms with E-state index < -0.39 is 0 Å². The number of anilines is 1. The van der Waals surface area contributed by atoms with Gasteiger partial charge in [-0.15, -0.1) is 0 Å². The predicted octanol–water partition coefficient (Wildman–Crippen LogP) is 2.89. The fraction of sp³-hybridized carbons (Fsp3) is 0.733. The monoisotopic (exact) mass is 357 g/mol. The van der Waals surface area contributed by atoms with E-state index in [0.717, 1.165) is 37.8 Å². The summed E-state index contributed by atoms with van der Waals surface area (Å²) in [4.78, 5) is 12.1. The van der Waals surface area contributed by atoms with Crippen LogP contribution in [0.2, 0.25) is 0 Å². The van der Waals surface area contributed by atoms with Crippen LogP contribution in [-0.2, 0) is 11.3 Å². The summed E-state index contributed by atoms with van der Waals surface area (Å²) in [6, 6.07) is 0. The molecule has 0 aromatic carbocycles. The molecular formula is C15H24BrN3O2.